The Morgan fingerprint density at radius 3 is 2.89 bits per heavy atom. The first-order valence-corrected chi connectivity index (χ1v) is 7.22. The number of hydrogen-bond acceptors (Lipinski definition) is 1. The zero-order chi connectivity index (χ0) is 13.2. The third kappa shape index (κ3) is 7.35. The maximum absolute atomic E-state index is 9.01. The van der Waals surface area contributed by atoms with Crippen molar-refractivity contribution < 1.29 is 5.11 Å². The van der Waals surface area contributed by atoms with Gasteiger partial charge in [0.15, 0.2) is 0 Å². The van der Waals surface area contributed by atoms with Gasteiger partial charge in [-0.3, -0.25) is 0 Å². The molecular weight excluding hydrogens is 220 g/mol. The lowest BCUT2D eigenvalue weighted by Crippen LogP contribution is -1.90. The summed E-state index contributed by atoms with van der Waals surface area (Å²) in [6, 6.07) is 0. The maximum atomic E-state index is 9.01. The van der Waals surface area contributed by atoms with E-state index in [0.29, 0.717) is 0 Å². The van der Waals surface area contributed by atoms with E-state index in [4.69, 9.17) is 5.11 Å². The molecule has 18 heavy (non-hydrogen) atoms. The Labute approximate surface area is 112 Å². The van der Waals surface area contributed by atoms with Gasteiger partial charge < -0.3 is 5.11 Å². The fraction of sp³-hybridized carbons (Fsp3) is 0.647. The molecule has 0 aromatic heterocycles. The molecular formula is C17H26O. The molecule has 0 saturated heterocycles. The van der Waals surface area contributed by atoms with Gasteiger partial charge in [-0.2, -0.15) is 0 Å². The molecule has 1 saturated carbocycles. The maximum Gasteiger partial charge on any atom is 0.0701 e. The molecule has 0 aromatic carbocycles. The second-order valence-corrected chi connectivity index (χ2v) is 5.23. The van der Waals surface area contributed by atoms with Crippen LogP contribution in [0, 0.1) is 23.7 Å². The second kappa shape index (κ2) is 9.00. The summed E-state index contributed by atoms with van der Waals surface area (Å²) < 4.78 is 0. The molecule has 0 radical (unpaired) electrons. The van der Waals surface area contributed by atoms with E-state index in [1.165, 1.54) is 32.1 Å². The normalized spacial score (nSPS) is 24.2. The molecule has 0 bridgehead atoms. The fourth-order valence-electron chi connectivity index (χ4n) is 2.00. The highest BCUT2D eigenvalue weighted by atomic mass is 16.3. The number of aliphatic hydroxyl groups is 1. The number of aliphatic hydroxyl groups excluding tert-OH is 1. The van der Waals surface area contributed by atoms with E-state index in [1.807, 2.05) is 0 Å². The van der Waals surface area contributed by atoms with Gasteiger partial charge in [0.05, 0.1) is 6.10 Å². The fourth-order valence-corrected chi connectivity index (χ4v) is 2.00. The Balaban J connectivity index is 2.05. The van der Waals surface area contributed by atoms with Crippen LogP contribution in [0.3, 0.4) is 0 Å². The van der Waals surface area contributed by atoms with Gasteiger partial charge in [-0.05, 0) is 50.2 Å². The van der Waals surface area contributed by atoms with Crippen molar-refractivity contribution in [3.63, 3.8) is 0 Å². The van der Waals surface area contributed by atoms with Gasteiger partial charge in [0.25, 0.3) is 0 Å². The molecule has 0 amide bonds. The van der Waals surface area contributed by atoms with Crippen LogP contribution in [0.25, 0.3) is 0 Å². The highest BCUT2D eigenvalue weighted by molar-refractivity contribution is 5.17. The van der Waals surface area contributed by atoms with E-state index in [9.17, 15) is 0 Å². The molecule has 1 fully saturated rings. The third-order valence-electron chi connectivity index (χ3n) is 3.32. The van der Waals surface area contributed by atoms with Crippen LogP contribution in [-0.4, -0.2) is 11.2 Å². The molecule has 1 rings (SSSR count). The Hall–Kier alpha value is -1.00. The first kappa shape index (κ1) is 15.1. The molecule has 1 aliphatic carbocycles. The van der Waals surface area contributed by atoms with E-state index >= 15 is 0 Å². The van der Waals surface area contributed by atoms with Crippen LogP contribution in [0.5, 0.6) is 0 Å². The standard InChI is InChI=1S/C17H26O/c1-3-4-5-6-9-12-16-14-17(16)13-10-7-8-11-15(2)18/h6,8-9,11,15-18H,3-5,12-14H2,1-2H3/b9-6-,11-8+/t15-,16+,17-/m0/s1. The first-order chi connectivity index (χ1) is 8.74. The summed E-state index contributed by atoms with van der Waals surface area (Å²) >= 11 is 0. The Morgan fingerprint density at radius 1 is 1.33 bits per heavy atom. The minimum Gasteiger partial charge on any atom is -0.389 e. The van der Waals surface area contributed by atoms with E-state index in [-0.39, 0.29) is 6.10 Å². The van der Waals surface area contributed by atoms with Crippen LogP contribution in [-0.2, 0) is 0 Å². The topological polar surface area (TPSA) is 20.2 Å². The summed E-state index contributed by atoms with van der Waals surface area (Å²) in [4.78, 5) is 0. The van der Waals surface area contributed by atoms with Crippen molar-refractivity contribution in [3.8, 4) is 11.8 Å². The summed E-state index contributed by atoms with van der Waals surface area (Å²) in [7, 11) is 0. The van der Waals surface area contributed by atoms with Gasteiger partial charge in [-0.15, -0.1) is 0 Å². The lowest BCUT2D eigenvalue weighted by molar-refractivity contribution is 0.244. The number of unbranched alkanes of at least 4 members (excludes halogenated alkanes) is 2. The predicted octanol–water partition coefficient (Wildman–Crippen LogP) is 4.09. The molecule has 1 heteroatoms. The third-order valence-corrected chi connectivity index (χ3v) is 3.32. The van der Waals surface area contributed by atoms with Gasteiger partial charge >= 0.3 is 0 Å². The molecule has 0 heterocycles. The van der Waals surface area contributed by atoms with Gasteiger partial charge in [-0.1, -0.05) is 43.8 Å². The number of rotatable bonds is 7. The SMILES string of the molecule is CCCC/C=C\C[C@@H]1C[C@@H]1CC#C/C=C/[C@H](C)O. The molecule has 0 unspecified atom stereocenters. The lowest BCUT2D eigenvalue weighted by atomic mass is 10.1. The average Bonchev–Trinajstić information content (AvgIpc) is 3.07. The van der Waals surface area contributed by atoms with Gasteiger partial charge in [0.2, 0.25) is 0 Å². The van der Waals surface area contributed by atoms with Crippen molar-refractivity contribution in [1.29, 1.82) is 0 Å². The smallest absolute Gasteiger partial charge is 0.0701 e. The summed E-state index contributed by atoms with van der Waals surface area (Å²) in [6.07, 6.45) is 15.2. The van der Waals surface area contributed by atoms with Crippen molar-refractivity contribution in [1.82, 2.24) is 0 Å². The van der Waals surface area contributed by atoms with Crippen LogP contribution >= 0.6 is 0 Å². The first-order valence-electron chi connectivity index (χ1n) is 7.22. The number of hydrogen-bond donors (Lipinski definition) is 1. The van der Waals surface area contributed by atoms with Crippen molar-refractivity contribution in [2.75, 3.05) is 0 Å². The van der Waals surface area contributed by atoms with Gasteiger partial charge in [0, 0.05) is 6.42 Å². The summed E-state index contributed by atoms with van der Waals surface area (Å²) in [5.41, 5.74) is 0. The van der Waals surface area contributed by atoms with Crippen molar-refractivity contribution >= 4 is 0 Å². The Morgan fingerprint density at radius 2 is 2.17 bits per heavy atom. The minimum atomic E-state index is -0.388. The quantitative estimate of drug-likeness (QED) is 0.407. The summed E-state index contributed by atoms with van der Waals surface area (Å²) in [6.45, 7) is 3.97. The van der Waals surface area contributed by atoms with Crippen molar-refractivity contribution in [3.05, 3.63) is 24.3 Å². The number of allylic oxidation sites excluding steroid dienone is 3. The Bertz CT molecular complexity index is 327. The second-order valence-electron chi connectivity index (χ2n) is 5.23. The molecule has 0 aromatic rings. The van der Waals surface area contributed by atoms with Crippen molar-refractivity contribution in [2.45, 2.75) is 58.5 Å². The van der Waals surface area contributed by atoms with Gasteiger partial charge in [0.1, 0.15) is 0 Å². The molecule has 3 atom stereocenters. The van der Waals surface area contributed by atoms with Crippen molar-refractivity contribution in [2.24, 2.45) is 11.8 Å². The van der Waals surface area contributed by atoms with E-state index in [2.05, 4.69) is 30.9 Å². The van der Waals surface area contributed by atoms with E-state index in [0.717, 1.165) is 18.3 Å². The summed E-state index contributed by atoms with van der Waals surface area (Å²) in [5.74, 6) is 7.84. The zero-order valence-corrected chi connectivity index (χ0v) is 11.7. The molecule has 0 spiro atoms. The van der Waals surface area contributed by atoms with Gasteiger partial charge in [-0.25, -0.2) is 0 Å². The molecule has 1 nitrogen and oxygen atoms in total. The lowest BCUT2D eigenvalue weighted by Gasteiger charge is -1.91. The van der Waals surface area contributed by atoms with Crippen LogP contribution in [0.2, 0.25) is 0 Å². The highest BCUT2D eigenvalue weighted by Gasteiger charge is 2.34. The molecule has 0 aliphatic heterocycles. The predicted molar refractivity (Wildman–Crippen MR) is 78.1 cm³/mol. The zero-order valence-electron chi connectivity index (χ0n) is 11.7. The molecule has 100 valence electrons. The molecule has 1 N–H and O–H groups in total. The highest BCUT2D eigenvalue weighted by Crippen LogP contribution is 2.43. The van der Waals surface area contributed by atoms with Crippen LogP contribution in [0.1, 0.15) is 52.4 Å². The van der Waals surface area contributed by atoms with E-state index in [1.54, 1.807) is 19.1 Å². The minimum absolute atomic E-state index is 0.388. The average molecular weight is 246 g/mol. The monoisotopic (exact) mass is 246 g/mol. The summed E-state index contributed by atoms with van der Waals surface area (Å²) in [5, 5.41) is 9.01. The van der Waals surface area contributed by atoms with E-state index < -0.39 is 0 Å². The van der Waals surface area contributed by atoms with Crippen LogP contribution in [0.4, 0.5) is 0 Å². The molecule has 1 aliphatic rings. The van der Waals surface area contributed by atoms with Crippen LogP contribution in [0.15, 0.2) is 24.3 Å². The van der Waals surface area contributed by atoms with Crippen LogP contribution < -0.4 is 0 Å². The largest absolute Gasteiger partial charge is 0.389 e. The Kier molecular flexibility index (Phi) is 7.53.